The fraction of sp³-hybridized carbons (Fsp3) is 0.304. The smallest absolute Gasteiger partial charge is 0.305 e. The van der Waals surface area contributed by atoms with E-state index < -0.39 is 0 Å². The van der Waals surface area contributed by atoms with Crippen molar-refractivity contribution in [3.63, 3.8) is 0 Å². The Kier molecular flexibility index (Phi) is 10.4. The minimum Gasteiger partial charge on any atom is -0.490 e. The molecule has 1 N–H and O–H groups in total. The Morgan fingerprint density at radius 3 is 2.68 bits per heavy atom. The number of nitrogens with one attached hydrogen (secondary N) is 1. The average molecular weight is 511 g/mol. The first kappa shape index (κ1) is 24.8. The van der Waals surface area contributed by atoms with Crippen LogP contribution in [0.25, 0.3) is 6.08 Å². The summed E-state index contributed by atoms with van der Waals surface area (Å²) in [5.74, 6) is 0.571. The number of rotatable bonds is 11. The van der Waals surface area contributed by atoms with Gasteiger partial charge in [0.05, 0.1) is 18.2 Å². The lowest BCUT2D eigenvalue weighted by atomic mass is 10.1. The Labute approximate surface area is 195 Å². The highest BCUT2D eigenvalue weighted by molar-refractivity contribution is 9.10. The van der Waals surface area contributed by atoms with Crippen molar-refractivity contribution in [1.82, 2.24) is 5.32 Å². The van der Waals surface area contributed by atoms with Crippen LogP contribution in [0, 0.1) is 0 Å². The lowest BCUT2D eigenvalue weighted by Crippen LogP contribution is -2.22. The Balaban J connectivity index is 2.03. The van der Waals surface area contributed by atoms with Gasteiger partial charge in [-0.3, -0.25) is 9.59 Å². The minimum atomic E-state index is -0.296. The molecular formula is C23H25BrClNO5. The Bertz CT molecular complexity index is 932. The maximum atomic E-state index is 12.0. The van der Waals surface area contributed by atoms with Crippen molar-refractivity contribution in [3.05, 3.63) is 63.1 Å². The van der Waals surface area contributed by atoms with Crippen LogP contribution in [0.15, 0.2) is 46.9 Å². The quantitative estimate of drug-likeness (QED) is 0.257. The Morgan fingerprint density at radius 2 is 1.97 bits per heavy atom. The number of esters is 1. The molecule has 6 nitrogen and oxygen atoms in total. The van der Waals surface area contributed by atoms with E-state index in [1.54, 1.807) is 12.1 Å². The van der Waals surface area contributed by atoms with Gasteiger partial charge in [0.2, 0.25) is 5.91 Å². The summed E-state index contributed by atoms with van der Waals surface area (Å²) in [6, 6.07) is 11.1. The van der Waals surface area contributed by atoms with E-state index in [0.717, 1.165) is 11.1 Å². The fourth-order valence-corrected chi connectivity index (χ4v) is 3.39. The van der Waals surface area contributed by atoms with Crippen molar-refractivity contribution in [1.29, 1.82) is 0 Å². The van der Waals surface area contributed by atoms with Gasteiger partial charge in [0, 0.05) is 29.6 Å². The summed E-state index contributed by atoms with van der Waals surface area (Å²) < 4.78 is 17.0. The van der Waals surface area contributed by atoms with Gasteiger partial charge in [-0.2, -0.15) is 0 Å². The van der Waals surface area contributed by atoms with Gasteiger partial charge >= 0.3 is 5.97 Å². The number of methoxy groups -OCH3 is 1. The lowest BCUT2D eigenvalue weighted by Gasteiger charge is -2.15. The highest BCUT2D eigenvalue weighted by Gasteiger charge is 2.13. The molecule has 0 spiro atoms. The van der Waals surface area contributed by atoms with Gasteiger partial charge in [0.25, 0.3) is 0 Å². The number of hydrogen-bond acceptors (Lipinski definition) is 5. The second-order valence-corrected chi connectivity index (χ2v) is 7.71. The van der Waals surface area contributed by atoms with Gasteiger partial charge in [-0.1, -0.05) is 29.8 Å². The molecule has 8 heteroatoms. The molecule has 0 unspecified atom stereocenters. The van der Waals surface area contributed by atoms with Crippen LogP contribution < -0.4 is 14.8 Å². The van der Waals surface area contributed by atoms with Crippen molar-refractivity contribution >= 4 is 45.5 Å². The second-order valence-electron chi connectivity index (χ2n) is 6.45. The zero-order valence-corrected chi connectivity index (χ0v) is 19.8. The van der Waals surface area contributed by atoms with Gasteiger partial charge in [-0.25, -0.2) is 0 Å². The van der Waals surface area contributed by atoms with Crippen LogP contribution in [-0.2, 0) is 20.9 Å². The molecule has 1 amide bonds. The van der Waals surface area contributed by atoms with E-state index in [-0.39, 0.29) is 18.3 Å². The van der Waals surface area contributed by atoms with Gasteiger partial charge < -0.3 is 19.5 Å². The second kappa shape index (κ2) is 13.0. The number of carbonyl (C=O) groups is 2. The minimum absolute atomic E-state index is 0.252. The molecule has 0 aliphatic rings. The first-order valence-electron chi connectivity index (χ1n) is 9.79. The molecule has 0 aliphatic carbocycles. The fourth-order valence-electron chi connectivity index (χ4n) is 2.63. The molecule has 0 bridgehead atoms. The number of carbonyl (C=O) groups excluding carboxylic acids is 2. The van der Waals surface area contributed by atoms with Crippen LogP contribution in [0.2, 0.25) is 5.02 Å². The van der Waals surface area contributed by atoms with E-state index in [9.17, 15) is 9.59 Å². The summed E-state index contributed by atoms with van der Waals surface area (Å²) in [5, 5.41) is 3.36. The molecule has 0 aromatic heterocycles. The molecule has 31 heavy (non-hydrogen) atoms. The highest BCUT2D eigenvalue weighted by atomic mass is 79.9. The van der Waals surface area contributed by atoms with E-state index in [0.29, 0.717) is 47.2 Å². The number of amides is 1. The summed E-state index contributed by atoms with van der Waals surface area (Å²) in [5.41, 5.74) is 1.64. The maximum absolute atomic E-state index is 12.0. The summed E-state index contributed by atoms with van der Waals surface area (Å²) in [6.07, 6.45) is 3.89. The molecule has 2 aromatic carbocycles. The first-order valence-corrected chi connectivity index (χ1v) is 11.0. The van der Waals surface area contributed by atoms with Crippen molar-refractivity contribution in [2.75, 3.05) is 20.3 Å². The number of halogens is 2. The third kappa shape index (κ3) is 8.26. The summed E-state index contributed by atoms with van der Waals surface area (Å²) in [4.78, 5) is 23.1. The van der Waals surface area contributed by atoms with E-state index in [1.807, 2.05) is 37.3 Å². The lowest BCUT2D eigenvalue weighted by molar-refractivity contribution is -0.140. The molecule has 0 saturated carbocycles. The number of ether oxygens (including phenoxy) is 3. The zero-order valence-electron chi connectivity index (χ0n) is 17.5. The number of benzene rings is 2. The molecule has 0 aliphatic heterocycles. The normalized spacial score (nSPS) is 10.7. The summed E-state index contributed by atoms with van der Waals surface area (Å²) in [6.45, 7) is 3.03. The molecule has 166 valence electrons. The molecule has 2 aromatic rings. The Morgan fingerprint density at radius 1 is 1.19 bits per heavy atom. The van der Waals surface area contributed by atoms with Crippen LogP contribution in [0.4, 0.5) is 0 Å². The highest BCUT2D eigenvalue weighted by Crippen LogP contribution is 2.38. The van der Waals surface area contributed by atoms with Gasteiger partial charge in [-0.05, 0) is 59.1 Å². The van der Waals surface area contributed by atoms with Crippen molar-refractivity contribution < 1.29 is 23.8 Å². The molecule has 0 heterocycles. The topological polar surface area (TPSA) is 73.9 Å². The zero-order chi connectivity index (χ0) is 22.6. The summed E-state index contributed by atoms with van der Waals surface area (Å²) in [7, 11) is 1.34. The Hall–Kier alpha value is -2.51. The van der Waals surface area contributed by atoms with Crippen LogP contribution in [0.3, 0.4) is 0 Å². The predicted molar refractivity (Wildman–Crippen MR) is 124 cm³/mol. The first-order chi connectivity index (χ1) is 14.9. The van der Waals surface area contributed by atoms with Crippen LogP contribution in [0.1, 0.15) is 30.9 Å². The van der Waals surface area contributed by atoms with Crippen molar-refractivity contribution in [3.8, 4) is 11.5 Å². The molecule has 0 radical (unpaired) electrons. The predicted octanol–water partition coefficient (Wildman–Crippen LogP) is 5.16. The summed E-state index contributed by atoms with van der Waals surface area (Å²) >= 11 is 9.73. The van der Waals surface area contributed by atoms with Crippen LogP contribution >= 0.6 is 27.5 Å². The standard InChI is InChI=1S/C23H25BrClNO5/c1-3-30-20-14-16(10-11-21(27)26-12-6-9-22(28)29-2)13-18(24)23(20)31-15-17-7-4-5-8-19(17)25/h4-5,7-8,10-11,13-14H,3,6,9,12,15H2,1-2H3,(H,26,27)/b11-10+. The van der Waals surface area contributed by atoms with Gasteiger partial charge in [0.15, 0.2) is 11.5 Å². The van der Waals surface area contributed by atoms with Crippen molar-refractivity contribution in [2.24, 2.45) is 0 Å². The van der Waals surface area contributed by atoms with Crippen LogP contribution in [-0.4, -0.2) is 32.1 Å². The SMILES string of the molecule is CCOc1cc(/C=C/C(=O)NCCCC(=O)OC)cc(Br)c1OCc1ccccc1Cl. The van der Waals surface area contributed by atoms with Crippen LogP contribution in [0.5, 0.6) is 11.5 Å². The largest absolute Gasteiger partial charge is 0.490 e. The molecule has 0 fully saturated rings. The van der Waals surface area contributed by atoms with Crippen molar-refractivity contribution in [2.45, 2.75) is 26.4 Å². The van der Waals surface area contributed by atoms with Gasteiger partial charge in [-0.15, -0.1) is 0 Å². The van der Waals surface area contributed by atoms with Gasteiger partial charge in [0.1, 0.15) is 6.61 Å². The third-order valence-corrected chi connectivity index (χ3v) is 5.13. The average Bonchev–Trinajstić information content (AvgIpc) is 2.75. The number of hydrogen-bond donors (Lipinski definition) is 1. The van der Waals surface area contributed by atoms with E-state index in [1.165, 1.54) is 13.2 Å². The molecular weight excluding hydrogens is 486 g/mol. The van der Waals surface area contributed by atoms with E-state index in [4.69, 9.17) is 21.1 Å². The maximum Gasteiger partial charge on any atom is 0.305 e. The molecule has 0 saturated heterocycles. The molecule has 0 atom stereocenters. The molecule has 2 rings (SSSR count). The monoisotopic (exact) mass is 509 g/mol. The van der Waals surface area contributed by atoms with E-state index in [2.05, 4.69) is 26.0 Å². The third-order valence-electron chi connectivity index (χ3n) is 4.17. The van der Waals surface area contributed by atoms with E-state index >= 15 is 0 Å².